The molecule has 1 aliphatic heterocycles. The van der Waals surface area contributed by atoms with Gasteiger partial charge in [0.05, 0.1) is 13.7 Å². The van der Waals surface area contributed by atoms with Crippen LogP contribution in [0.5, 0.6) is 11.5 Å². The lowest BCUT2D eigenvalue weighted by atomic mass is 10.2. The third-order valence-electron chi connectivity index (χ3n) is 2.78. The van der Waals surface area contributed by atoms with Crippen LogP contribution in [0.3, 0.4) is 0 Å². The fourth-order valence-electron chi connectivity index (χ4n) is 1.85. The molecule has 1 unspecified atom stereocenters. The van der Waals surface area contributed by atoms with Gasteiger partial charge >= 0.3 is 6.09 Å². The Morgan fingerprint density at radius 1 is 1.47 bits per heavy atom. The van der Waals surface area contributed by atoms with E-state index in [0.29, 0.717) is 24.7 Å². The molecule has 1 amide bonds. The van der Waals surface area contributed by atoms with Crippen molar-refractivity contribution < 1.29 is 19.0 Å². The summed E-state index contributed by atoms with van der Waals surface area (Å²) < 4.78 is 15.9. The topological polar surface area (TPSA) is 68.8 Å². The third-order valence-corrected chi connectivity index (χ3v) is 2.78. The summed E-state index contributed by atoms with van der Waals surface area (Å²) in [7, 11) is 3.49. The fraction of sp³-hybridized carbons (Fsp3) is 0.462. The molecule has 19 heavy (non-hydrogen) atoms. The number of benzene rings is 1. The van der Waals surface area contributed by atoms with Crippen molar-refractivity contribution >= 4 is 6.09 Å². The van der Waals surface area contributed by atoms with E-state index in [4.69, 9.17) is 14.2 Å². The maximum atomic E-state index is 10.9. The first kappa shape index (κ1) is 13.5. The van der Waals surface area contributed by atoms with Crippen LogP contribution >= 0.6 is 0 Å². The van der Waals surface area contributed by atoms with Crippen LogP contribution in [0, 0.1) is 0 Å². The van der Waals surface area contributed by atoms with Gasteiger partial charge in [-0.1, -0.05) is 6.07 Å². The van der Waals surface area contributed by atoms with Crippen LogP contribution in [-0.2, 0) is 11.3 Å². The number of methoxy groups -OCH3 is 1. The maximum absolute atomic E-state index is 10.9. The first-order valence-electron chi connectivity index (χ1n) is 6.11. The summed E-state index contributed by atoms with van der Waals surface area (Å²) in [5, 5.41) is 5.65. The Labute approximate surface area is 112 Å². The predicted molar refractivity (Wildman–Crippen MR) is 69.5 cm³/mol. The fourth-order valence-corrected chi connectivity index (χ4v) is 1.85. The molecule has 6 nitrogen and oxygen atoms in total. The SMILES string of the molecule is CNCc1ccc(OCC2CNC(=O)O2)c(OC)c1. The molecule has 2 rings (SSSR count). The molecule has 0 bridgehead atoms. The van der Waals surface area contributed by atoms with Crippen molar-refractivity contribution in [1.82, 2.24) is 10.6 Å². The number of hydrogen-bond donors (Lipinski definition) is 2. The predicted octanol–water partition coefficient (Wildman–Crippen LogP) is 0.902. The zero-order valence-corrected chi connectivity index (χ0v) is 11.1. The van der Waals surface area contributed by atoms with Crippen LogP contribution in [0.1, 0.15) is 5.56 Å². The second kappa shape index (κ2) is 6.29. The smallest absolute Gasteiger partial charge is 0.407 e. The van der Waals surface area contributed by atoms with Crippen molar-refractivity contribution in [2.24, 2.45) is 0 Å². The van der Waals surface area contributed by atoms with E-state index in [2.05, 4.69) is 10.6 Å². The van der Waals surface area contributed by atoms with E-state index >= 15 is 0 Å². The summed E-state index contributed by atoms with van der Waals surface area (Å²) in [5.74, 6) is 1.32. The van der Waals surface area contributed by atoms with Gasteiger partial charge in [0.15, 0.2) is 17.6 Å². The van der Waals surface area contributed by atoms with Gasteiger partial charge in [0.1, 0.15) is 6.61 Å². The van der Waals surface area contributed by atoms with Gasteiger partial charge in [-0.25, -0.2) is 4.79 Å². The minimum absolute atomic E-state index is 0.255. The molecule has 0 aliphatic carbocycles. The zero-order valence-electron chi connectivity index (χ0n) is 11.1. The van der Waals surface area contributed by atoms with Crippen LogP contribution in [0.2, 0.25) is 0 Å². The second-order valence-electron chi connectivity index (χ2n) is 4.23. The first-order chi connectivity index (χ1) is 9.22. The normalized spacial score (nSPS) is 17.8. The number of hydrogen-bond acceptors (Lipinski definition) is 5. The van der Waals surface area contributed by atoms with Gasteiger partial charge in [-0.3, -0.25) is 0 Å². The zero-order chi connectivity index (χ0) is 13.7. The van der Waals surface area contributed by atoms with E-state index in [1.165, 1.54) is 0 Å². The molecule has 1 atom stereocenters. The number of cyclic esters (lactones) is 1. The molecule has 0 saturated carbocycles. The van der Waals surface area contributed by atoms with Crippen molar-refractivity contribution in [2.75, 3.05) is 27.3 Å². The summed E-state index contributed by atoms with van der Waals surface area (Å²) in [6.07, 6.45) is -0.654. The molecule has 1 aromatic rings. The highest BCUT2D eigenvalue weighted by Gasteiger charge is 2.23. The summed E-state index contributed by atoms with van der Waals surface area (Å²) in [6.45, 7) is 1.54. The number of ether oxygens (including phenoxy) is 3. The van der Waals surface area contributed by atoms with Gasteiger partial charge in [-0.15, -0.1) is 0 Å². The summed E-state index contributed by atoms with van der Waals surface area (Å²) >= 11 is 0. The first-order valence-corrected chi connectivity index (χ1v) is 6.11. The summed E-state index contributed by atoms with van der Waals surface area (Å²) in [4.78, 5) is 10.9. The molecule has 1 aliphatic rings. The van der Waals surface area contributed by atoms with Crippen molar-refractivity contribution in [3.8, 4) is 11.5 Å². The Bertz CT molecular complexity index is 450. The monoisotopic (exact) mass is 266 g/mol. The van der Waals surface area contributed by atoms with E-state index in [1.807, 2.05) is 25.2 Å². The molecule has 0 radical (unpaired) electrons. The van der Waals surface area contributed by atoms with Gasteiger partial charge < -0.3 is 24.8 Å². The molecule has 0 aromatic heterocycles. The number of amides is 1. The van der Waals surface area contributed by atoms with Crippen LogP contribution in [0.4, 0.5) is 4.79 Å². The minimum atomic E-state index is -0.398. The van der Waals surface area contributed by atoms with Gasteiger partial charge in [-0.2, -0.15) is 0 Å². The number of carbonyl (C=O) groups excluding carboxylic acids is 1. The van der Waals surface area contributed by atoms with Crippen molar-refractivity contribution in [1.29, 1.82) is 0 Å². The van der Waals surface area contributed by atoms with Crippen LogP contribution in [-0.4, -0.2) is 39.5 Å². The lowest BCUT2D eigenvalue weighted by Gasteiger charge is -2.14. The highest BCUT2D eigenvalue weighted by molar-refractivity contribution is 5.69. The van der Waals surface area contributed by atoms with E-state index in [1.54, 1.807) is 7.11 Å². The quantitative estimate of drug-likeness (QED) is 0.800. The van der Waals surface area contributed by atoms with Crippen molar-refractivity contribution in [3.63, 3.8) is 0 Å². The molecule has 0 spiro atoms. The Morgan fingerprint density at radius 3 is 2.95 bits per heavy atom. The number of alkyl carbamates (subject to hydrolysis) is 1. The average Bonchev–Trinajstić information content (AvgIpc) is 2.83. The molecule has 1 heterocycles. The second-order valence-corrected chi connectivity index (χ2v) is 4.23. The van der Waals surface area contributed by atoms with Gasteiger partial charge in [-0.05, 0) is 24.7 Å². The van der Waals surface area contributed by atoms with E-state index in [9.17, 15) is 4.79 Å². The van der Waals surface area contributed by atoms with Crippen LogP contribution < -0.4 is 20.1 Å². The number of carbonyl (C=O) groups is 1. The van der Waals surface area contributed by atoms with Crippen molar-refractivity contribution in [2.45, 2.75) is 12.6 Å². The lowest BCUT2D eigenvalue weighted by Crippen LogP contribution is -2.22. The van der Waals surface area contributed by atoms with Gasteiger partial charge in [0.25, 0.3) is 0 Å². The Balaban J connectivity index is 1.97. The Hall–Kier alpha value is -1.95. The molecule has 1 aromatic carbocycles. The molecular weight excluding hydrogens is 248 g/mol. The maximum Gasteiger partial charge on any atom is 0.407 e. The van der Waals surface area contributed by atoms with Gasteiger partial charge in [0.2, 0.25) is 0 Å². The largest absolute Gasteiger partial charge is 0.493 e. The standard InChI is InChI=1S/C13H18N2O4/c1-14-6-9-3-4-11(12(5-9)17-2)18-8-10-7-15-13(16)19-10/h3-5,10,14H,6-8H2,1-2H3,(H,15,16). The number of rotatable bonds is 6. The summed E-state index contributed by atoms with van der Waals surface area (Å²) in [6, 6.07) is 5.74. The highest BCUT2D eigenvalue weighted by atomic mass is 16.6. The van der Waals surface area contributed by atoms with Gasteiger partial charge in [0, 0.05) is 6.54 Å². The van der Waals surface area contributed by atoms with Crippen molar-refractivity contribution in [3.05, 3.63) is 23.8 Å². The molecular formula is C13H18N2O4. The molecule has 1 fully saturated rings. The van der Waals surface area contributed by atoms with Crippen LogP contribution in [0.25, 0.3) is 0 Å². The number of nitrogens with one attached hydrogen (secondary N) is 2. The van der Waals surface area contributed by atoms with E-state index in [0.717, 1.165) is 12.1 Å². The Morgan fingerprint density at radius 2 is 2.32 bits per heavy atom. The molecule has 104 valence electrons. The molecule has 1 saturated heterocycles. The van der Waals surface area contributed by atoms with E-state index in [-0.39, 0.29) is 6.10 Å². The lowest BCUT2D eigenvalue weighted by molar-refractivity contribution is 0.103. The molecule has 2 N–H and O–H groups in total. The third kappa shape index (κ3) is 3.51. The minimum Gasteiger partial charge on any atom is -0.493 e. The average molecular weight is 266 g/mol. The highest BCUT2D eigenvalue weighted by Crippen LogP contribution is 2.28. The molecule has 6 heteroatoms. The van der Waals surface area contributed by atoms with E-state index < -0.39 is 6.09 Å². The Kier molecular flexibility index (Phi) is 4.46. The summed E-state index contributed by atoms with van der Waals surface area (Å²) in [5.41, 5.74) is 1.11. The van der Waals surface area contributed by atoms with Crippen LogP contribution in [0.15, 0.2) is 18.2 Å².